The molecule has 1 fully saturated rings. The summed E-state index contributed by atoms with van der Waals surface area (Å²) < 4.78 is 25.1. The van der Waals surface area contributed by atoms with Gasteiger partial charge < -0.3 is 0 Å². The van der Waals surface area contributed by atoms with Crippen LogP contribution < -0.4 is 0 Å². The Balaban J connectivity index is 2.50. The Morgan fingerprint density at radius 1 is 1.20 bits per heavy atom. The predicted molar refractivity (Wildman–Crippen MR) is 62.0 cm³/mol. The van der Waals surface area contributed by atoms with E-state index in [-0.39, 0.29) is 5.75 Å². The Morgan fingerprint density at radius 3 is 2.13 bits per heavy atom. The highest BCUT2D eigenvalue weighted by Crippen LogP contribution is 2.10. The van der Waals surface area contributed by atoms with Crippen LogP contribution in [0.25, 0.3) is 0 Å². The average Bonchev–Trinajstić information content (AvgIpc) is 2.18. The van der Waals surface area contributed by atoms with E-state index < -0.39 is 10.0 Å². The molecule has 0 aromatic rings. The number of hydrogen-bond donors (Lipinski definition) is 0. The van der Waals surface area contributed by atoms with Gasteiger partial charge in [0.1, 0.15) is 0 Å². The summed E-state index contributed by atoms with van der Waals surface area (Å²) in [4.78, 5) is 2.30. The van der Waals surface area contributed by atoms with Crippen molar-refractivity contribution in [3.05, 3.63) is 6.92 Å². The monoisotopic (exact) mass is 233 g/mol. The molecular weight excluding hydrogens is 212 g/mol. The normalized spacial score (nSPS) is 21.1. The van der Waals surface area contributed by atoms with Gasteiger partial charge in [-0.3, -0.25) is 4.90 Å². The van der Waals surface area contributed by atoms with E-state index in [1.807, 2.05) is 0 Å². The maximum Gasteiger partial charge on any atom is 0.214 e. The lowest BCUT2D eigenvalue weighted by atomic mass is 10.3. The molecule has 0 N–H and O–H groups in total. The van der Waals surface area contributed by atoms with E-state index in [1.54, 1.807) is 4.31 Å². The summed E-state index contributed by atoms with van der Waals surface area (Å²) in [7, 11) is -3.04. The smallest absolute Gasteiger partial charge is 0.214 e. The van der Waals surface area contributed by atoms with Gasteiger partial charge in [0.2, 0.25) is 10.0 Å². The number of piperazine rings is 1. The predicted octanol–water partition coefficient (Wildman–Crippen LogP) is 0.566. The van der Waals surface area contributed by atoms with Crippen molar-refractivity contribution in [1.82, 2.24) is 9.21 Å². The fourth-order valence-corrected chi connectivity index (χ4v) is 3.15. The third-order valence-electron chi connectivity index (χ3n) is 2.80. The van der Waals surface area contributed by atoms with Crippen LogP contribution in [0.4, 0.5) is 0 Å². The summed E-state index contributed by atoms with van der Waals surface area (Å²) in [5.41, 5.74) is 0. The SMILES string of the molecule is [CH2]CCS(=O)(=O)N1CCN(C(C)C)CC1. The van der Waals surface area contributed by atoms with Crippen molar-refractivity contribution in [2.24, 2.45) is 0 Å². The standard InChI is InChI=1S/C10H21N2O2S/c1-4-9-15(13,14)12-7-5-11(6-8-12)10(2)3/h10H,1,4-9H2,2-3H3. The molecule has 0 atom stereocenters. The molecule has 0 amide bonds. The molecule has 0 saturated carbocycles. The second kappa shape index (κ2) is 5.27. The van der Waals surface area contributed by atoms with Gasteiger partial charge in [-0.15, -0.1) is 0 Å². The molecule has 0 unspecified atom stereocenters. The Bertz CT molecular complexity index is 280. The van der Waals surface area contributed by atoms with Gasteiger partial charge in [0, 0.05) is 32.2 Å². The zero-order valence-corrected chi connectivity index (χ0v) is 10.5. The molecular formula is C10H21N2O2S. The summed E-state index contributed by atoms with van der Waals surface area (Å²) in [6.45, 7) is 10.8. The molecule has 1 saturated heterocycles. The summed E-state index contributed by atoms with van der Waals surface area (Å²) in [6.07, 6.45) is 0.451. The minimum absolute atomic E-state index is 0.175. The fourth-order valence-electron chi connectivity index (χ4n) is 1.81. The van der Waals surface area contributed by atoms with Gasteiger partial charge in [0.05, 0.1) is 5.75 Å². The van der Waals surface area contributed by atoms with Crippen molar-refractivity contribution in [2.75, 3.05) is 31.9 Å². The first-order chi connectivity index (χ1) is 6.97. The van der Waals surface area contributed by atoms with Gasteiger partial charge in [0.25, 0.3) is 0 Å². The molecule has 0 aromatic heterocycles. The van der Waals surface area contributed by atoms with Crippen LogP contribution in [0.1, 0.15) is 20.3 Å². The Labute approximate surface area is 93.3 Å². The van der Waals surface area contributed by atoms with E-state index in [9.17, 15) is 8.42 Å². The molecule has 1 radical (unpaired) electrons. The summed E-state index contributed by atoms with van der Waals surface area (Å²) in [5, 5.41) is 0. The summed E-state index contributed by atoms with van der Waals surface area (Å²) >= 11 is 0. The largest absolute Gasteiger partial charge is 0.298 e. The van der Waals surface area contributed by atoms with Gasteiger partial charge in [-0.2, -0.15) is 4.31 Å². The molecule has 89 valence electrons. The van der Waals surface area contributed by atoms with Gasteiger partial charge in [-0.05, 0) is 20.3 Å². The Kier molecular flexibility index (Phi) is 4.55. The first kappa shape index (κ1) is 12.9. The van der Waals surface area contributed by atoms with Crippen LogP contribution in [-0.4, -0.2) is 55.6 Å². The number of sulfonamides is 1. The third-order valence-corrected chi connectivity index (χ3v) is 4.76. The van der Waals surface area contributed by atoms with Crippen molar-refractivity contribution in [2.45, 2.75) is 26.3 Å². The molecule has 0 spiro atoms. The lowest BCUT2D eigenvalue weighted by Gasteiger charge is -2.36. The zero-order chi connectivity index (χ0) is 11.5. The highest BCUT2D eigenvalue weighted by molar-refractivity contribution is 7.89. The van der Waals surface area contributed by atoms with Crippen LogP contribution in [0, 0.1) is 6.92 Å². The minimum Gasteiger partial charge on any atom is -0.298 e. The highest BCUT2D eigenvalue weighted by atomic mass is 32.2. The number of rotatable bonds is 4. The van der Waals surface area contributed by atoms with Crippen LogP contribution >= 0.6 is 0 Å². The van der Waals surface area contributed by atoms with Crippen LogP contribution in [0.5, 0.6) is 0 Å². The molecule has 0 aliphatic carbocycles. The molecule has 5 heteroatoms. The number of hydrogen-bond acceptors (Lipinski definition) is 3. The van der Waals surface area contributed by atoms with E-state index in [1.165, 1.54) is 0 Å². The Morgan fingerprint density at radius 2 is 1.73 bits per heavy atom. The molecule has 1 rings (SSSR count). The third kappa shape index (κ3) is 3.43. The van der Waals surface area contributed by atoms with E-state index in [0.717, 1.165) is 13.1 Å². The first-order valence-electron chi connectivity index (χ1n) is 5.48. The van der Waals surface area contributed by atoms with Crippen molar-refractivity contribution in [3.63, 3.8) is 0 Å². The van der Waals surface area contributed by atoms with Crippen LogP contribution in [0.3, 0.4) is 0 Å². The lowest BCUT2D eigenvalue weighted by molar-refractivity contribution is 0.154. The summed E-state index contributed by atoms with van der Waals surface area (Å²) in [5.74, 6) is 0.175. The van der Waals surface area contributed by atoms with Crippen molar-refractivity contribution < 1.29 is 8.42 Å². The molecule has 0 aromatic carbocycles. The van der Waals surface area contributed by atoms with Gasteiger partial charge in [-0.1, -0.05) is 6.92 Å². The maximum absolute atomic E-state index is 11.7. The first-order valence-corrected chi connectivity index (χ1v) is 7.09. The summed E-state index contributed by atoms with van der Waals surface area (Å²) in [6, 6.07) is 0.502. The van der Waals surface area contributed by atoms with E-state index in [2.05, 4.69) is 25.7 Å². The van der Waals surface area contributed by atoms with Crippen molar-refractivity contribution in [1.29, 1.82) is 0 Å². The van der Waals surface area contributed by atoms with E-state index >= 15 is 0 Å². The van der Waals surface area contributed by atoms with Gasteiger partial charge in [-0.25, -0.2) is 8.42 Å². The fraction of sp³-hybridized carbons (Fsp3) is 0.900. The average molecular weight is 233 g/mol. The topological polar surface area (TPSA) is 40.6 Å². The lowest BCUT2D eigenvalue weighted by Crippen LogP contribution is -2.51. The zero-order valence-electron chi connectivity index (χ0n) is 9.65. The molecule has 0 bridgehead atoms. The van der Waals surface area contributed by atoms with E-state index in [0.29, 0.717) is 25.6 Å². The Hall–Kier alpha value is -0.130. The maximum atomic E-state index is 11.7. The second-order valence-corrected chi connectivity index (χ2v) is 6.29. The van der Waals surface area contributed by atoms with Gasteiger partial charge >= 0.3 is 0 Å². The number of nitrogens with zero attached hydrogens (tertiary/aromatic N) is 2. The quantitative estimate of drug-likeness (QED) is 0.712. The minimum atomic E-state index is -3.04. The molecule has 4 nitrogen and oxygen atoms in total. The molecule has 1 aliphatic rings. The van der Waals surface area contributed by atoms with Crippen LogP contribution in [0.2, 0.25) is 0 Å². The van der Waals surface area contributed by atoms with Crippen molar-refractivity contribution >= 4 is 10.0 Å². The second-order valence-electron chi connectivity index (χ2n) is 4.20. The van der Waals surface area contributed by atoms with Crippen molar-refractivity contribution in [3.8, 4) is 0 Å². The van der Waals surface area contributed by atoms with Crippen LogP contribution in [0.15, 0.2) is 0 Å². The molecule has 1 heterocycles. The van der Waals surface area contributed by atoms with Crippen LogP contribution in [-0.2, 0) is 10.0 Å². The highest BCUT2D eigenvalue weighted by Gasteiger charge is 2.26. The van der Waals surface area contributed by atoms with E-state index in [4.69, 9.17) is 0 Å². The molecule has 15 heavy (non-hydrogen) atoms. The van der Waals surface area contributed by atoms with Gasteiger partial charge in [0.15, 0.2) is 0 Å². The molecule has 1 aliphatic heterocycles.